The minimum atomic E-state index is -0.430. The van der Waals surface area contributed by atoms with Gasteiger partial charge in [0, 0.05) is 19.5 Å². The van der Waals surface area contributed by atoms with Crippen LogP contribution in [-0.4, -0.2) is 27.3 Å². The molecule has 92 valence electrons. The largest absolute Gasteiger partial charge is 0.392 e. The van der Waals surface area contributed by atoms with E-state index >= 15 is 0 Å². The smallest absolute Gasteiger partial charge is 0.109 e. The lowest BCUT2D eigenvalue weighted by atomic mass is 10.2. The number of hydrogen-bond donors (Lipinski definition) is 2. The van der Waals surface area contributed by atoms with E-state index < -0.39 is 6.10 Å². The highest BCUT2D eigenvalue weighted by molar-refractivity contribution is 5.75. The molecule has 0 aliphatic carbocycles. The van der Waals surface area contributed by atoms with Crippen molar-refractivity contribution in [3.05, 3.63) is 30.1 Å². The summed E-state index contributed by atoms with van der Waals surface area (Å²) in [6.45, 7) is 3.17. The van der Waals surface area contributed by atoms with Gasteiger partial charge in [-0.15, -0.1) is 0 Å². The number of benzene rings is 1. The van der Waals surface area contributed by atoms with Gasteiger partial charge in [0.2, 0.25) is 0 Å². The van der Waals surface area contributed by atoms with E-state index in [1.54, 1.807) is 0 Å². The molecule has 0 aliphatic rings. The summed E-state index contributed by atoms with van der Waals surface area (Å²) in [7, 11) is 0. The van der Waals surface area contributed by atoms with E-state index in [4.69, 9.17) is 5.73 Å². The van der Waals surface area contributed by atoms with Crippen LogP contribution in [0.4, 0.5) is 0 Å². The van der Waals surface area contributed by atoms with Crippen molar-refractivity contribution in [2.45, 2.75) is 32.4 Å². The number of imidazole rings is 1. The van der Waals surface area contributed by atoms with Crippen LogP contribution in [0, 0.1) is 0 Å². The van der Waals surface area contributed by atoms with Crippen molar-refractivity contribution < 1.29 is 5.11 Å². The normalized spacial score (nSPS) is 13.1. The minimum Gasteiger partial charge on any atom is -0.392 e. The summed E-state index contributed by atoms with van der Waals surface area (Å²) in [4.78, 5) is 4.59. The Kier molecular flexibility index (Phi) is 3.76. The van der Waals surface area contributed by atoms with Crippen LogP contribution < -0.4 is 5.73 Å². The predicted octanol–water partition coefficient (Wildman–Crippen LogP) is 1.31. The molecule has 1 atom stereocenters. The Morgan fingerprint density at radius 2 is 2.18 bits per heavy atom. The standard InChI is InChI=1S/C13H19N3O/c1-2-13-15-11-5-3-4-6-12(11)16(13)8-7-10(17)9-14/h3-6,10,17H,2,7-9,14H2,1H3. The zero-order valence-corrected chi connectivity index (χ0v) is 10.1. The van der Waals surface area contributed by atoms with Crippen molar-refractivity contribution in [1.82, 2.24) is 9.55 Å². The molecule has 1 aromatic carbocycles. The molecule has 0 aliphatic heterocycles. The highest BCUT2D eigenvalue weighted by atomic mass is 16.3. The lowest BCUT2D eigenvalue weighted by Gasteiger charge is -2.11. The topological polar surface area (TPSA) is 64.1 Å². The number of rotatable bonds is 5. The Morgan fingerprint density at radius 1 is 1.41 bits per heavy atom. The summed E-state index contributed by atoms with van der Waals surface area (Å²) in [5, 5.41) is 9.53. The van der Waals surface area contributed by atoms with Gasteiger partial charge >= 0.3 is 0 Å². The van der Waals surface area contributed by atoms with Gasteiger partial charge in [0.05, 0.1) is 17.1 Å². The average Bonchev–Trinajstić information content (AvgIpc) is 2.73. The zero-order chi connectivity index (χ0) is 12.3. The average molecular weight is 233 g/mol. The van der Waals surface area contributed by atoms with Crippen molar-refractivity contribution in [3.8, 4) is 0 Å². The van der Waals surface area contributed by atoms with Gasteiger partial charge in [-0.3, -0.25) is 0 Å². The number of aryl methyl sites for hydroxylation is 2. The second kappa shape index (κ2) is 5.29. The minimum absolute atomic E-state index is 0.314. The lowest BCUT2D eigenvalue weighted by Crippen LogP contribution is -2.21. The first kappa shape index (κ1) is 12.1. The molecular formula is C13H19N3O. The number of aromatic nitrogens is 2. The van der Waals surface area contributed by atoms with Gasteiger partial charge in [0.15, 0.2) is 0 Å². The third-order valence-electron chi connectivity index (χ3n) is 3.01. The Labute approximate surface area is 101 Å². The van der Waals surface area contributed by atoms with Gasteiger partial charge in [-0.1, -0.05) is 19.1 Å². The van der Waals surface area contributed by atoms with Crippen LogP contribution in [-0.2, 0) is 13.0 Å². The van der Waals surface area contributed by atoms with E-state index in [0.29, 0.717) is 13.0 Å². The predicted molar refractivity (Wildman–Crippen MR) is 68.8 cm³/mol. The third-order valence-corrected chi connectivity index (χ3v) is 3.01. The monoisotopic (exact) mass is 233 g/mol. The van der Waals surface area contributed by atoms with Crippen molar-refractivity contribution in [2.24, 2.45) is 5.73 Å². The van der Waals surface area contributed by atoms with Gasteiger partial charge in [0.25, 0.3) is 0 Å². The van der Waals surface area contributed by atoms with E-state index in [-0.39, 0.29) is 0 Å². The number of hydrogen-bond acceptors (Lipinski definition) is 3. The molecule has 2 rings (SSSR count). The van der Waals surface area contributed by atoms with Gasteiger partial charge in [0.1, 0.15) is 5.82 Å². The van der Waals surface area contributed by atoms with Gasteiger partial charge in [-0.2, -0.15) is 0 Å². The van der Waals surface area contributed by atoms with Crippen molar-refractivity contribution >= 4 is 11.0 Å². The summed E-state index contributed by atoms with van der Waals surface area (Å²) < 4.78 is 2.17. The Morgan fingerprint density at radius 3 is 2.88 bits per heavy atom. The molecule has 4 heteroatoms. The summed E-state index contributed by atoms with van der Waals surface area (Å²) in [5.41, 5.74) is 7.57. The number of fused-ring (bicyclic) bond motifs is 1. The number of para-hydroxylation sites is 2. The Bertz CT molecular complexity index is 492. The zero-order valence-electron chi connectivity index (χ0n) is 10.1. The first-order valence-corrected chi connectivity index (χ1v) is 6.08. The fourth-order valence-corrected chi connectivity index (χ4v) is 2.04. The first-order valence-electron chi connectivity index (χ1n) is 6.08. The van der Waals surface area contributed by atoms with E-state index in [1.165, 1.54) is 0 Å². The highest BCUT2D eigenvalue weighted by Crippen LogP contribution is 2.17. The molecule has 0 amide bonds. The molecule has 1 aromatic heterocycles. The first-order chi connectivity index (χ1) is 8.26. The molecule has 0 fully saturated rings. The third kappa shape index (κ3) is 2.48. The van der Waals surface area contributed by atoms with Crippen molar-refractivity contribution in [1.29, 1.82) is 0 Å². The number of nitrogens with zero attached hydrogens (tertiary/aromatic N) is 2. The van der Waals surface area contributed by atoms with Gasteiger partial charge in [-0.05, 0) is 18.6 Å². The molecule has 2 aromatic rings. The molecule has 0 bridgehead atoms. The highest BCUT2D eigenvalue weighted by Gasteiger charge is 2.10. The molecule has 0 saturated heterocycles. The fraction of sp³-hybridized carbons (Fsp3) is 0.462. The second-order valence-electron chi connectivity index (χ2n) is 4.20. The van der Waals surface area contributed by atoms with Crippen LogP contribution in [0.2, 0.25) is 0 Å². The molecular weight excluding hydrogens is 214 g/mol. The SMILES string of the molecule is CCc1nc2ccccc2n1CCC(O)CN. The second-order valence-corrected chi connectivity index (χ2v) is 4.20. The van der Waals surface area contributed by atoms with E-state index in [0.717, 1.165) is 29.8 Å². The van der Waals surface area contributed by atoms with Crippen LogP contribution in [0.5, 0.6) is 0 Å². The van der Waals surface area contributed by atoms with Crippen LogP contribution in [0.3, 0.4) is 0 Å². The van der Waals surface area contributed by atoms with E-state index in [1.807, 2.05) is 18.2 Å². The Hall–Kier alpha value is -1.39. The fourth-order valence-electron chi connectivity index (χ4n) is 2.04. The van der Waals surface area contributed by atoms with Crippen molar-refractivity contribution in [2.75, 3.05) is 6.54 Å². The summed E-state index contributed by atoms with van der Waals surface area (Å²) in [6, 6.07) is 8.09. The maximum absolute atomic E-state index is 9.53. The molecule has 0 saturated carbocycles. The van der Waals surface area contributed by atoms with Gasteiger partial charge < -0.3 is 15.4 Å². The quantitative estimate of drug-likeness (QED) is 0.818. The van der Waals surface area contributed by atoms with Crippen LogP contribution in [0.25, 0.3) is 11.0 Å². The lowest BCUT2D eigenvalue weighted by molar-refractivity contribution is 0.166. The van der Waals surface area contributed by atoms with Crippen molar-refractivity contribution in [3.63, 3.8) is 0 Å². The Balaban J connectivity index is 2.30. The maximum Gasteiger partial charge on any atom is 0.109 e. The molecule has 0 radical (unpaired) electrons. The molecule has 1 heterocycles. The summed E-state index contributed by atoms with van der Waals surface area (Å²) in [6.07, 6.45) is 1.14. The van der Waals surface area contributed by atoms with Gasteiger partial charge in [-0.25, -0.2) is 4.98 Å². The summed E-state index contributed by atoms with van der Waals surface area (Å²) in [5.74, 6) is 1.07. The van der Waals surface area contributed by atoms with Crippen LogP contribution >= 0.6 is 0 Å². The maximum atomic E-state index is 9.53. The summed E-state index contributed by atoms with van der Waals surface area (Å²) >= 11 is 0. The number of aliphatic hydroxyl groups is 1. The molecule has 0 spiro atoms. The van der Waals surface area contributed by atoms with Crippen LogP contribution in [0.15, 0.2) is 24.3 Å². The molecule has 1 unspecified atom stereocenters. The number of nitrogens with two attached hydrogens (primary N) is 1. The molecule has 4 nitrogen and oxygen atoms in total. The van der Waals surface area contributed by atoms with Crippen LogP contribution in [0.1, 0.15) is 19.2 Å². The van der Waals surface area contributed by atoms with E-state index in [2.05, 4.69) is 22.5 Å². The molecule has 3 N–H and O–H groups in total. The molecule has 17 heavy (non-hydrogen) atoms. The number of aliphatic hydroxyl groups excluding tert-OH is 1. The van der Waals surface area contributed by atoms with E-state index in [9.17, 15) is 5.11 Å².